The van der Waals surface area contributed by atoms with Crippen LogP contribution < -0.4 is 15.5 Å². The molecule has 0 radical (unpaired) electrons. The van der Waals surface area contributed by atoms with Crippen molar-refractivity contribution in [2.24, 2.45) is 5.92 Å². The van der Waals surface area contributed by atoms with Gasteiger partial charge in [0, 0.05) is 48.8 Å². The van der Waals surface area contributed by atoms with Crippen LogP contribution in [0.5, 0.6) is 0 Å². The Balaban J connectivity index is 1.33. The van der Waals surface area contributed by atoms with Crippen LogP contribution in [0.4, 0.5) is 14.9 Å². The van der Waals surface area contributed by atoms with Crippen molar-refractivity contribution in [2.45, 2.75) is 109 Å². The highest BCUT2D eigenvalue weighted by atomic mass is 19.1. The molecule has 39 heavy (non-hydrogen) atoms. The summed E-state index contributed by atoms with van der Waals surface area (Å²) in [6.45, 7) is 6.37. The molecule has 9 nitrogen and oxygen atoms in total. The molecule has 2 saturated carbocycles. The van der Waals surface area contributed by atoms with Gasteiger partial charge in [0.25, 0.3) is 5.91 Å². The Morgan fingerprint density at radius 3 is 2.59 bits per heavy atom. The molecule has 3 fully saturated rings. The van der Waals surface area contributed by atoms with E-state index in [1.54, 1.807) is 31.7 Å². The van der Waals surface area contributed by atoms with Crippen LogP contribution in [0.15, 0.2) is 18.2 Å². The Morgan fingerprint density at radius 1 is 1.15 bits per heavy atom. The number of hydrogen-bond acceptors (Lipinski definition) is 6. The smallest absolute Gasteiger partial charge is 0.407 e. The van der Waals surface area contributed by atoms with E-state index in [9.17, 15) is 19.2 Å². The van der Waals surface area contributed by atoms with Crippen LogP contribution in [0.1, 0.15) is 88.1 Å². The fraction of sp³-hybridized carbons (Fsp3) is 0.655. The molecule has 0 bridgehead atoms. The number of nitrogens with zero attached hydrogens (tertiary/aromatic N) is 2. The maximum Gasteiger partial charge on any atom is 0.407 e. The third kappa shape index (κ3) is 6.20. The fourth-order valence-corrected chi connectivity index (χ4v) is 6.07. The van der Waals surface area contributed by atoms with Crippen LogP contribution in [-0.4, -0.2) is 65.2 Å². The van der Waals surface area contributed by atoms with E-state index in [0.29, 0.717) is 30.7 Å². The summed E-state index contributed by atoms with van der Waals surface area (Å²) in [5.41, 5.74) is 1.67. The third-order valence-electron chi connectivity index (χ3n) is 8.23. The monoisotopic (exact) mass is 542 g/mol. The maximum absolute atomic E-state index is 15.5. The third-order valence-corrected chi connectivity index (χ3v) is 8.23. The van der Waals surface area contributed by atoms with E-state index in [1.807, 2.05) is 12.1 Å². The van der Waals surface area contributed by atoms with Gasteiger partial charge in [0.15, 0.2) is 0 Å². The Kier molecular flexibility index (Phi) is 7.57. The zero-order chi connectivity index (χ0) is 27.9. The number of anilines is 1. The number of amides is 4. The number of halogens is 1. The number of alkyl halides is 1. The number of carbonyl (C=O) groups is 4. The van der Waals surface area contributed by atoms with Crippen molar-refractivity contribution in [3.63, 3.8) is 0 Å². The number of alkyl carbamates (subject to hydrolysis) is 1. The predicted molar refractivity (Wildman–Crippen MR) is 143 cm³/mol. The van der Waals surface area contributed by atoms with Crippen LogP contribution in [0.2, 0.25) is 0 Å². The lowest BCUT2D eigenvalue weighted by atomic mass is 9.87. The van der Waals surface area contributed by atoms with Gasteiger partial charge in [0.2, 0.25) is 11.8 Å². The van der Waals surface area contributed by atoms with E-state index in [0.717, 1.165) is 24.2 Å². The van der Waals surface area contributed by atoms with E-state index in [2.05, 4.69) is 15.5 Å². The highest BCUT2D eigenvalue weighted by Crippen LogP contribution is 2.39. The number of fused-ring (bicyclic) bond motifs is 1. The lowest BCUT2D eigenvalue weighted by Gasteiger charge is -2.41. The molecular weight excluding hydrogens is 503 g/mol. The summed E-state index contributed by atoms with van der Waals surface area (Å²) in [5.74, 6) is -0.283. The average Bonchev–Trinajstić information content (AvgIpc) is 3.62. The quantitative estimate of drug-likeness (QED) is 0.507. The summed E-state index contributed by atoms with van der Waals surface area (Å²) in [7, 11) is 0. The van der Waals surface area contributed by atoms with Crippen molar-refractivity contribution in [1.82, 2.24) is 15.5 Å². The largest absolute Gasteiger partial charge is 0.444 e. The second-order valence-electron chi connectivity index (χ2n) is 12.4. The minimum atomic E-state index is -1.22. The van der Waals surface area contributed by atoms with Crippen molar-refractivity contribution in [2.75, 3.05) is 11.4 Å². The minimum Gasteiger partial charge on any atom is -0.444 e. The molecule has 212 valence electrons. The lowest BCUT2D eigenvalue weighted by Crippen LogP contribution is -2.52. The molecule has 10 heteroatoms. The van der Waals surface area contributed by atoms with Gasteiger partial charge in [0.1, 0.15) is 17.8 Å². The van der Waals surface area contributed by atoms with Crippen LogP contribution >= 0.6 is 0 Å². The normalized spacial score (nSPS) is 27.2. The number of rotatable bonds is 7. The molecule has 1 unspecified atom stereocenters. The maximum atomic E-state index is 15.5. The number of carbonyl (C=O) groups excluding carboxylic acids is 4. The molecule has 4 amide bonds. The Labute approximate surface area is 228 Å². The molecule has 5 rings (SSSR count). The van der Waals surface area contributed by atoms with Gasteiger partial charge in [-0.3, -0.25) is 19.7 Å². The number of hydrogen-bond donors (Lipinski definition) is 2. The standard InChI is InChI=1S/C29H39FN4O5/c1-29(2,3)39-28(38)31-22-10-9-18(15-21(22)30)33(14-13-17-7-8-17)23-6-4-5-19-20(23)16-34(27(19)37)24-11-12-25(35)32-26(24)36/h4-6,17-18,21-22,24H,7-16H2,1-3H3,(H,31,38)(H,32,35,36)/t18-,21-,22-,24?/m1/s1. The van der Waals surface area contributed by atoms with E-state index >= 15 is 4.39 Å². The highest BCUT2D eigenvalue weighted by Gasteiger charge is 2.42. The molecule has 4 atom stereocenters. The van der Waals surface area contributed by atoms with E-state index in [1.165, 1.54) is 12.8 Å². The van der Waals surface area contributed by atoms with Crippen molar-refractivity contribution in [1.29, 1.82) is 0 Å². The van der Waals surface area contributed by atoms with Crippen LogP contribution in [0.3, 0.4) is 0 Å². The zero-order valence-corrected chi connectivity index (χ0v) is 23.0. The van der Waals surface area contributed by atoms with Crippen molar-refractivity contribution in [3.05, 3.63) is 29.3 Å². The van der Waals surface area contributed by atoms with Crippen LogP contribution in [-0.2, 0) is 20.9 Å². The minimum absolute atomic E-state index is 0.0818. The van der Waals surface area contributed by atoms with Crippen LogP contribution in [0, 0.1) is 5.92 Å². The molecule has 4 aliphatic rings. The van der Waals surface area contributed by atoms with E-state index in [-0.39, 0.29) is 37.2 Å². The summed E-state index contributed by atoms with van der Waals surface area (Å²) in [5, 5.41) is 5.07. The Morgan fingerprint density at radius 2 is 1.92 bits per heavy atom. The van der Waals surface area contributed by atoms with Gasteiger partial charge >= 0.3 is 6.09 Å². The van der Waals surface area contributed by atoms with Gasteiger partial charge in [0.05, 0.1) is 6.04 Å². The topological polar surface area (TPSA) is 108 Å². The predicted octanol–water partition coefficient (Wildman–Crippen LogP) is 3.84. The summed E-state index contributed by atoms with van der Waals surface area (Å²) < 4.78 is 20.8. The lowest BCUT2D eigenvalue weighted by molar-refractivity contribution is -0.136. The first kappa shape index (κ1) is 27.4. The highest BCUT2D eigenvalue weighted by molar-refractivity contribution is 6.06. The number of ether oxygens (including phenoxy) is 1. The van der Waals surface area contributed by atoms with Gasteiger partial charge in [-0.25, -0.2) is 9.18 Å². The van der Waals surface area contributed by atoms with Crippen LogP contribution in [0.25, 0.3) is 0 Å². The summed E-state index contributed by atoms with van der Waals surface area (Å²) in [4.78, 5) is 53.7. The average molecular weight is 543 g/mol. The first-order chi connectivity index (χ1) is 18.5. The molecular formula is C29H39FN4O5. The summed E-state index contributed by atoms with van der Waals surface area (Å²) in [6, 6.07) is 4.26. The second-order valence-corrected chi connectivity index (χ2v) is 12.4. The summed E-state index contributed by atoms with van der Waals surface area (Å²) >= 11 is 0. The van der Waals surface area contributed by atoms with Crippen molar-refractivity contribution >= 4 is 29.5 Å². The molecule has 2 heterocycles. The zero-order valence-electron chi connectivity index (χ0n) is 23.0. The SMILES string of the molecule is CC(C)(C)OC(=O)N[C@@H]1CC[C@@H](N(CCC2CC2)c2cccc3c2CN(C2CCC(=O)NC2=O)C3=O)C[C@H]1F. The molecule has 0 aromatic heterocycles. The second kappa shape index (κ2) is 10.8. The first-order valence-electron chi connectivity index (χ1n) is 14.2. The molecule has 1 saturated heterocycles. The number of nitrogens with one attached hydrogen (secondary N) is 2. The molecule has 1 aromatic carbocycles. The fourth-order valence-electron chi connectivity index (χ4n) is 6.07. The number of imide groups is 1. The molecule has 0 spiro atoms. The van der Waals surface area contributed by atoms with Gasteiger partial charge in [-0.1, -0.05) is 18.9 Å². The van der Waals surface area contributed by atoms with Gasteiger partial charge in [-0.2, -0.15) is 0 Å². The van der Waals surface area contributed by atoms with Crippen molar-refractivity contribution in [3.8, 4) is 0 Å². The molecule has 2 N–H and O–H groups in total. The van der Waals surface area contributed by atoms with E-state index < -0.39 is 35.9 Å². The summed E-state index contributed by atoms with van der Waals surface area (Å²) in [6.07, 6.45) is 3.55. The molecule has 1 aromatic rings. The first-order valence-corrected chi connectivity index (χ1v) is 14.2. The number of piperidine rings is 1. The Hall–Kier alpha value is -3.17. The Bertz CT molecular complexity index is 1150. The number of benzene rings is 1. The van der Waals surface area contributed by atoms with Gasteiger partial charge in [-0.05, 0) is 64.5 Å². The van der Waals surface area contributed by atoms with Crippen molar-refractivity contribution < 1.29 is 28.3 Å². The van der Waals surface area contributed by atoms with E-state index in [4.69, 9.17) is 4.74 Å². The van der Waals surface area contributed by atoms with Gasteiger partial charge in [-0.15, -0.1) is 0 Å². The molecule has 2 aliphatic carbocycles. The van der Waals surface area contributed by atoms with Gasteiger partial charge < -0.3 is 19.9 Å². The molecule has 2 aliphatic heterocycles.